The van der Waals surface area contributed by atoms with Crippen molar-refractivity contribution in [1.29, 1.82) is 0 Å². The minimum Gasteiger partial charge on any atom is -0.478 e. The van der Waals surface area contributed by atoms with Gasteiger partial charge in [-0.05, 0) is 51.4 Å². The van der Waals surface area contributed by atoms with Crippen LogP contribution >= 0.6 is 0 Å². The second-order valence-corrected chi connectivity index (χ2v) is 9.49. The number of hydrogen-bond donors (Lipinski definition) is 1. The third-order valence-corrected chi connectivity index (χ3v) is 6.93. The molecular formula is C28H31N5O5. The van der Waals surface area contributed by atoms with Gasteiger partial charge in [0.05, 0.1) is 28.7 Å². The zero-order chi connectivity index (χ0) is 27.4. The second kappa shape index (κ2) is 11.4. The van der Waals surface area contributed by atoms with E-state index in [9.17, 15) is 20.0 Å². The first-order valence-electron chi connectivity index (χ1n) is 12.4. The molecule has 1 atom stereocenters. The highest BCUT2D eigenvalue weighted by atomic mass is 16.6. The van der Waals surface area contributed by atoms with Crippen LogP contribution in [-0.2, 0) is 17.8 Å². The predicted octanol–water partition coefficient (Wildman–Crippen LogP) is 4.65. The summed E-state index contributed by atoms with van der Waals surface area (Å²) in [7, 11) is 3.78. The third kappa shape index (κ3) is 5.65. The number of benzene rings is 2. The molecule has 0 fully saturated rings. The molecule has 1 aromatic heterocycles. The average Bonchev–Trinajstić information content (AvgIpc) is 3.35. The van der Waals surface area contributed by atoms with Gasteiger partial charge in [-0.25, -0.2) is 4.79 Å². The molecule has 0 aliphatic carbocycles. The van der Waals surface area contributed by atoms with Crippen LogP contribution in [0.1, 0.15) is 43.1 Å². The summed E-state index contributed by atoms with van der Waals surface area (Å²) in [6.45, 7) is 4.92. The van der Waals surface area contributed by atoms with Crippen LogP contribution in [0.3, 0.4) is 0 Å². The number of nitro benzene ring substituents is 1. The molecule has 2 aromatic carbocycles. The quantitative estimate of drug-likeness (QED) is 0.302. The highest BCUT2D eigenvalue weighted by molar-refractivity contribution is 6.14. The number of aliphatic carboxylic acids is 1. The van der Waals surface area contributed by atoms with Crippen LogP contribution in [-0.4, -0.2) is 62.6 Å². The Labute approximate surface area is 221 Å². The van der Waals surface area contributed by atoms with Gasteiger partial charge in [-0.2, -0.15) is 4.98 Å². The zero-order valence-electron chi connectivity index (χ0n) is 21.9. The summed E-state index contributed by atoms with van der Waals surface area (Å²) in [6.07, 6.45) is 1.94. The maximum atomic E-state index is 12.4. The molecule has 0 radical (unpaired) electrons. The van der Waals surface area contributed by atoms with Gasteiger partial charge in [-0.3, -0.25) is 15.0 Å². The molecule has 1 N–H and O–H groups in total. The van der Waals surface area contributed by atoms with Crippen LogP contribution in [0.4, 0.5) is 5.69 Å². The summed E-state index contributed by atoms with van der Waals surface area (Å²) in [5.41, 5.74) is 3.19. The Bertz CT molecular complexity index is 1400. The van der Waals surface area contributed by atoms with Crippen molar-refractivity contribution in [3.8, 4) is 0 Å². The highest BCUT2D eigenvalue weighted by Crippen LogP contribution is 2.43. The standard InChI is InChI=1S/C28H31N5O5/c1-18-24(27-29-23(30-38-27)17-31(3)15-9-12-20-10-6-5-7-11-20)26(25(28(34)35)19(2)32(18)4)21-13-8-14-22(16-21)33(36)37/h5-8,10-11,13-14,16,19H,9,12,15,17H2,1-4H3,(H,34,35). The average molecular weight is 518 g/mol. The van der Waals surface area contributed by atoms with E-state index in [1.165, 1.54) is 17.7 Å². The number of non-ortho nitro benzene ring substituents is 1. The summed E-state index contributed by atoms with van der Waals surface area (Å²) >= 11 is 0. The summed E-state index contributed by atoms with van der Waals surface area (Å²) in [4.78, 5) is 31.9. The number of carboxylic acid groups (broad SMARTS) is 1. The molecular weight excluding hydrogens is 486 g/mol. The minimum absolute atomic E-state index is 0.103. The number of aryl methyl sites for hydroxylation is 1. The summed E-state index contributed by atoms with van der Waals surface area (Å²) in [5.74, 6) is -0.470. The number of allylic oxidation sites excluding steroid dienone is 3. The van der Waals surface area contributed by atoms with Crippen molar-refractivity contribution in [2.24, 2.45) is 0 Å². The monoisotopic (exact) mass is 517 g/mol. The summed E-state index contributed by atoms with van der Waals surface area (Å²) < 4.78 is 5.66. The summed E-state index contributed by atoms with van der Waals surface area (Å²) in [5, 5.41) is 25.8. The molecule has 10 heteroatoms. The number of nitro groups is 1. The Morgan fingerprint density at radius 2 is 1.92 bits per heavy atom. The maximum absolute atomic E-state index is 12.4. The topological polar surface area (TPSA) is 126 Å². The van der Waals surface area contributed by atoms with Crippen LogP contribution in [0.15, 0.2) is 70.4 Å². The minimum atomic E-state index is -1.12. The molecule has 3 aromatic rings. The van der Waals surface area contributed by atoms with Crippen molar-refractivity contribution in [3.05, 3.63) is 98.8 Å². The number of rotatable bonds is 10. The van der Waals surface area contributed by atoms with Gasteiger partial charge in [0.2, 0.25) is 0 Å². The Kier molecular flexibility index (Phi) is 8.02. The van der Waals surface area contributed by atoms with E-state index in [0.717, 1.165) is 25.1 Å². The van der Waals surface area contributed by atoms with Crippen molar-refractivity contribution in [1.82, 2.24) is 19.9 Å². The lowest BCUT2D eigenvalue weighted by Gasteiger charge is -2.36. The fraction of sp³-hybridized carbons (Fsp3) is 0.321. The van der Waals surface area contributed by atoms with Crippen LogP contribution < -0.4 is 0 Å². The third-order valence-electron chi connectivity index (χ3n) is 6.93. The highest BCUT2D eigenvalue weighted by Gasteiger charge is 2.36. The van der Waals surface area contributed by atoms with Gasteiger partial charge in [0.25, 0.3) is 11.6 Å². The van der Waals surface area contributed by atoms with Gasteiger partial charge < -0.3 is 14.5 Å². The second-order valence-electron chi connectivity index (χ2n) is 9.49. The number of nitrogens with zero attached hydrogens (tertiary/aromatic N) is 5. The molecule has 0 bridgehead atoms. The molecule has 0 saturated carbocycles. The normalized spacial score (nSPS) is 15.9. The fourth-order valence-electron chi connectivity index (χ4n) is 4.75. The smallest absolute Gasteiger partial charge is 0.334 e. The first-order valence-corrected chi connectivity index (χ1v) is 12.4. The molecule has 2 heterocycles. The van der Waals surface area contributed by atoms with Crippen LogP contribution in [0.2, 0.25) is 0 Å². The van der Waals surface area contributed by atoms with E-state index in [1.54, 1.807) is 26.1 Å². The molecule has 1 aliphatic rings. The zero-order valence-corrected chi connectivity index (χ0v) is 21.9. The number of likely N-dealkylation sites (N-methyl/N-ethyl adjacent to an activating group) is 1. The Hall–Kier alpha value is -4.31. The molecule has 0 saturated heterocycles. The van der Waals surface area contributed by atoms with Crippen molar-refractivity contribution < 1.29 is 19.3 Å². The van der Waals surface area contributed by atoms with Crippen molar-refractivity contribution in [2.45, 2.75) is 39.3 Å². The van der Waals surface area contributed by atoms with Crippen molar-refractivity contribution in [3.63, 3.8) is 0 Å². The molecule has 10 nitrogen and oxygen atoms in total. The van der Waals surface area contributed by atoms with Crippen molar-refractivity contribution in [2.75, 3.05) is 20.6 Å². The van der Waals surface area contributed by atoms with Crippen LogP contribution in [0, 0.1) is 10.1 Å². The van der Waals surface area contributed by atoms with E-state index in [-0.39, 0.29) is 17.2 Å². The van der Waals surface area contributed by atoms with Crippen LogP contribution in [0.25, 0.3) is 11.1 Å². The largest absolute Gasteiger partial charge is 0.478 e. The van der Waals surface area contributed by atoms with E-state index in [4.69, 9.17) is 4.52 Å². The Morgan fingerprint density at radius 1 is 1.18 bits per heavy atom. The molecule has 0 amide bonds. The molecule has 1 aliphatic heterocycles. The Morgan fingerprint density at radius 3 is 2.61 bits per heavy atom. The summed E-state index contributed by atoms with van der Waals surface area (Å²) in [6, 6.07) is 15.8. The van der Waals surface area contributed by atoms with Gasteiger partial charge in [0, 0.05) is 30.5 Å². The molecule has 1 unspecified atom stereocenters. The number of carbonyl (C=O) groups is 1. The lowest BCUT2D eigenvalue weighted by atomic mass is 9.84. The first kappa shape index (κ1) is 26.7. The number of carboxylic acids is 1. The SMILES string of the molecule is CC1=C(c2nc(CN(C)CCCc3ccccc3)no2)C(c2cccc([N+](=O)[O-])c2)=C(C(=O)O)C(C)N1C. The predicted molar refractivity (Wildman–Crippen MR) is 143 cm³/mol. The molecule has 38 heavy (non-hydrogen) atoms. The van der Waals surface area contributed by atoms with Gasteiger partial charge >= 0.3 is 5.97 Å². The van der Waals surface area contributed by atoms with E-state index in [0.29, 0.717) is 29.1 Å². The van der Waals surface area contributed by atoms with Gasteiger partial charge in [0.1, 0.15) is 0 Å². The molecule has 198 valence electrons. The lowest BCUT2D eigenvalue weighted by Crippen LogP contribution is -2.36. The fourth-order valence-corrected chi connectivity index (χ4v) is 4.75. The van der Waals surface area contributed by atoms with Gasteiger partial charge in [-0.15, -0.1) is 0 Å². The van der Waals surface area contributed by atoms with Gasteiger partial charge in [0.15, 0.2) is 5.82 Å². The van der Waals surface area contributed by atoms with E-state index < -0.39 is 16.9 Å². The first-order chi connectivity index (χ1) is 18.2. The maximum Gasteiger partial charge on any atom is 0.334 e. The Balaban J connectivity index is 1.63. The molecule has 0 spiro atoms. The van der Waals surface area contributed by atoms with E-state index in [2.05, 4.69) is 27.2 Å². The van der Waals surface area contributed by atoms with Gasteiger partial charge in [-0.1, -0.05) is 47.6 Å². The van der Waals surface area contributed by atoms with E-state index >= 15 is 0 Å². The lowest BCUT2D eigenvalue weighted by molar-refractivity contribution is -0.384. The van der Waals surface area contributed by atoms with Crippen molar-refractivity contribution >= 4 is 22.8 Å². The number of hydrogen-bond acceptors (Lipinski definition) is 8. The van der Waals surface area contributed by atoms with E-state index in [1.807, 2.05) is 37.1 Å². The van der Waals surface area contributed by atoms with Crippen LogP contribution in [0.5, 0.6) is 0 Å². The molecule has 4 rings (SSSR count). The number of aromatic nitrogens is 2.